The summed E-state index contributed by atoms with van der Waals surface area (Å²) in [4.78, 5) is 8.53. The summed E-state index contributed by atoms with van der Waals surface area (Å²) in [6.45, 7) is 6.28. The van der Waals surface area contributed by atoms with Gasteiger partial charge < -0.3 is 24.8 Å². The average molecular weight is 358 g/mol. The minimum absolute atomic E-state index is 0.467. The average Bonchev–Trinajstić information content (AvgIpc) is 2.67. The van der Waals surface area contributed by atoms with E-state index < -0.39 is 0 Å². The number of ether oxygens (including phenoxy) is 3. The molecule has 7 heteroatoms. The summed E-state index contributed by atoms with van der Waals surface area (Å²) in [7, 11) is 1.62. The SMILES string of the molecule is CCNC(=NCCOc1cccnc1)Nc1ccc(OCC)c(OC)c1. The number of rotatable bonds is 9. The van der Waals surface area contributed by atoms with E-state index in [9.17, 15) is 0 Å². The first kappa shape index (κ1) is 19.4. The lowest BCUT2D eigenvalue weighted by Crippen LogP contribution is -2.31. The number of aromatic nitrogens is 1. The lowest BCUT2D eigenvalue weighted by molar-refractivity contribution is 0.311. The van der Waals surface area contributed by atoms with Crippen molar-refractivity contribution in [3.63, 3.8) is 0 Å². The predicted octanol–water partition coefficient (Wildman–Crippen LogP) is 2.95. The van der Waals surface area contributed by atoms with Gasteiger partial charge in [-0.05, 0) is 38.1 Å². The summed E-state index contributed by atoms with van der Waals surface area (Å²) < 4.78 is 16.5. The number of guanidine groups is 1. The van der Waals surface area contributed by atoms with Gasteiger partial charge in [0, 0.05) is 24.5 Å². The van der Waals surface area contributed by atoms with Gasteiger partial charge in [0.15, 0.2) is 17.5 Å². The van der Waals surface area contributed by atoms with Gasteiger partial charge in [-0.1, -0.05) is 0 Å². The fraction of sp³-hybridized carbons (Fsp3) is 0.368. The Labute approximate surface area is 154 Å². The van der Waals surface area contributed by atoms with Gasteiger partial charge in [0.05, 0.1) is 26.5 Å². The van der Waals surface area contributed by atoms with Gasteiger partial charge in [-0.15, -0.1) is 0 Å². The second-order valence-electron chi connectivity index (χ2n) is 5.22. The molecule has 0 bridgehead atoms. The van der Waals surface area contributed by atoms with E-state index in [4.69, 9.17) is 14.2 Å². The smallest absolute Gasteiger partial charge is 0.195 e. The van der Waals surface area contributed by atoms with Gasteiger partial charge >= 0.3 is 0 Å². The molecule has 0 aliphatic carbocycles. The highest BCUT2D eigenvalue weighted by molar-refractivity contribution is 5.93. The number of aliphatic imine (C=N–C) groups is 1. The van der Waals surface area contributed by atoms with Crippen LogP contribution in [0.15, 0.2) is 47.7 Å². The molecule has 2 rings (SSSR count). The van der Waals surface area contributed by atoms with Crippen molar-refractivity contribution in [2.24, 2.45) is 4.99 Å². The third-order valence-corrected chi connectivity index (χ3v) is 3.33. The van der Waals surface area contributed by atoms with Gasteiger partial charge in [-0.25, -0.2) is 4.99 Å². The fourth-order valence-electron chi connectivity index (χ4n) is 2.22. The van der Waals surface area contributed by atoms with Crippen LogP contribution in [0.1, 0.15) is 13.8 Å². The normalized spacial score (nSPS) is 11.0. The molecule has 1 heterocycles. The Balaban J connectivity index is 1.96. The molecule has 0 atom stereocenters. The molecular formula is C19H26N4O3. The summed E-state index contributed by atoms with van der Waals surface area (Å²) in [5.41, 5.74) is 0.859. The maximum Gasteiger partial charge on any atom is 0.195 e. The van der Waals surface area contributed by atoms with E-state index in [1.807, 2.05) is 44.2 Å². The first-order valence-corrected chi connectivity index (χ1v) is 8.65. The van der Waals surface area contributed by atoms with Gasteiger partial charge in [-0.3, -0.25) is 4.98 Å². The van der Waals surface area contributed by atoms with E-state index in [0.717, 1.165) is 18.0 Å². The van der Waals surface area contributed by atoms with Crippen LogP contribution >= 0.6 is 0 Å². The zero-order valence-electron chi connectivity index (χ0n) is 15.5. The van der Waals surface area contributed by atoms with Crippen molar-refractivity contribution in [3.8, 4) is 17.2 Å². The Morgan fingerprint density at radius 3 is 2.73 bits per heavy atom. The lowest BCUT2D eigenvalue weighted by atomic mass is 10.2. The molecule has 0 fully saturated rings. The zero-order valence-corrected chi connectivity index (χ0v) is 15.5. The van der Waals surface area contributed by atoms with Crippen LogP contribution in [-0.4, -0.2) is 44.4 Å². The predicted molar refractivity (Wildman–Crippen MR) is 103 cm³/mol. The van der Waals surface area contributed by atoms with Gasteiger partial charge in [-0.2, -0.15) is 0 Å². The fourth-order valence-corrected chi connectivity index (χ4v) is 2.22. The molecule has 0 amide bonds. The highest BCUT2D eigenvalue weighted by Crippen LogP contribution is 2.30. The second-order valence-corrected chi connectivity index (χ2v) is 5.22. The van der Waals surface area contributed by atoms with Crippen LogP contribution in [-0.2, 0) is 0 Å². The van der Waals surface area contributed by atoms with Gasteiger partial charge in [0.1, 0.15) is 12.4 Å². The van der Waals surface area contributed by atoms with E-state index in [1.165, 1.54) is 0 Å². The number of methoxy groups -OCH3 is 1. The monoisotopic (exact) mass is 358 g/mol. The van der Waals surface area contributed by atoms with Gasteiger partial charge in [0.25, 0.3) is 0 Å². The minimum atomic E-state index is 0.467. The van der Waals surface area contributed by atoms with E-state index >= 15 is 0 Å². The molecule has 2 N–H and O–H groups in total. The van der Waals surface area contributed by atoms with Crippen LogP contribution in [0.25, 0.3) is 0 Å². The Kier molecular flexibility index (Phi) is 8.05. The Bertz CT molecular complexity index is 692. The quantitative estimate of drug-likeness (QED) is 0.408. The molecule has 1 aromatic heterocycles. The first-order chi connectivity index (χ1) is 12.8. The molecule has 0 unspecified atom stereocenters. The third kappa shape index (κ3) is 6.16. The van der Waals surface area contributed by atoms with Crippen LogP contribution in [0, 0.1) is 0 Å². The van der Waals surface area contributed by atoms with Crippen molar-refractivity contribution in [1.82, 2.24) is 10.3 Å². The van der Waals surface area contributed by atoms with Crippen molar-refractivity contribution in [1.29, 1.82) is 0 Å². The first-order valence-electron chi connectivity index (χ1n) is 8.65. The van der Waals surface area contributed by atoms with Crippen molar-refractivity contribution >= 4 is 11.6 Å². The Morgan fingerprint density at radius 2 is 2.04 bits per heavy atom. The minimum Gasteiger partial charge on any atom is -0.493 e. The number of hydrogen-bond donors (Lipinski definition) is 2. The van der Waals surface area contributed by atoms with Crippen LogP contribution in [0.4, 0.5) is 5.69 Å². The van der Waals surface area contributed by atoms with Crippen molar-refractivity contribution in [2.75, 3.05) is 38.7 Å². The summed E-state index contributed by atoms with van der Waals surface area (Å²) >= 11 is 0. The molecule has 0 saturated carbocycles. The van der Waals surface area contributed by atoms with Crippen molar-refractivity contribution in [3.05, 3.63) is 42.7 Å². The standard InChI is InChI=1S/C19H26N4O3/c1-4-21-19(22-11-12-26-16-7-6-10-20-14-16)23-15-8-9-17(25-5-2)18(13-15)24-3/h6-10,13-14H,4-5,11-12H2,1-3H3,(H2,21,22,23). The Morgan fingerprint density at radius 1 is 1.15 bits per heavy atom. The largest absolute Gasteiger partial charge is 0.493 e. The topological polar surface area (TPSA) is 77.0 Å². The molecule has 0 aliphatic rings. The van der Waals surface area contributed by atoms with E-state index in [-0.39, 0.29) is 0 Å². The number of nitrogens with one attached hydrogen (secondary N) is 2. The molecule has 7 nitrogen and oxygen atoms in total. The summed E-state index contributed by atoms with van der Waals surface area (Å²) in [5.74, 6) is 2.80. The number of nitrogens with zero attached hydrogens (tertiary/aromatic N) is 2. The lowest BCUT2D eigenvalue weighted by Gasteiger charge is -2.14. The molecule has 2 aromatic rings. The van der Waals surface area contributed by atoms with E-state index in [0.29, 0.717) is 37.2 Å². The highest BCUT2D eigenvalue weighted by atomic mass is 16.5. The van der Waals surface area contributed by atoms with Crippen molar-refractivity contribution in [2.45, 2.75) is 13.8 Å². The summed E-state index contributed by atoms with van der Waals surface area (Å²) in [6.07, 6.45) is 3.39. The highest BCUT2D eigenvalue weighted by Gasteiger charge is 2.06. The molecule has 140 valence electrons. The summed E-state index contributed by atoms with van der Waals surface area (Å²) in [6, 6.07) is 9.38. The molecule has 0 saturated heterocycles. The van der Waals surface area contributed by atoms with Crippen LogP contribution < -0.4 is 24.8 Å². The molecule has 0 aliphatic heterocycles. The number of pyridine rings is 1. The number of anilines is 1. The number of benzene rings is 1. The maximum atomic E-state index is 5.60. The van der Waals surface area contributed by atoms with Gasteiger partial charge in [0.2, 0.25) is 0 Å². The maximum absolute atomic E-state index is 5.60. The van der Waals surface area contributed by atoms with E-state index in [2.05, 4.69) is 20.6 Å². The van der Waals surface area contributed by atoms with E-state index in [1.54, 1.807) is 19.5 Å². The molecular weight excluding hydrogens is 332 g/mol. The molecule has 0 spiro atoms. The van der Waals surface area contributed by atoms with Crippen molar-refractivity contribution < 1.29 is 14.2 Å². The molecule has 1 aromatic carbocycles. The van der Waals surface area contributed by atoms with Crippen LogP contribution in [0.2, 0.25) is 0 Å². The summed E-state index contributed by atoms with van der Waals surface area (Å²) in [5, 5.41) is 6.46. The Hall–Kier alpha value is -2.96. The molecule has 0 radical (unpaired) electrons. The van der Waals surface area contributed by atoms with Crippen LogP contribution in [0.5, 0.6) is 17.2 Å². The zero-order chi connectivity index (χ0) is 18.6. The molecule has 26 heavy (non-hydrogen) atoms. The van der Waals surface area contributed by atoms with Crippen LogP contribution in [0.3, 0.4) is 0 Å². The third-order valence-electron chi connectivity index (χ3n) is 3.33. The second kappa shape index (κ2) is 10.8. The number of hydrogen-bond acceptors (Lipinski definition) is 5.